The molecule has 1 amide bonds. The smallest absolute Gasteiger partial charge is 0.220 e. The van der Waals surface area contributed by atoms with Crippen molar-refractivity contribution in [3.05, 3.63) is 6.92 Å². The Kier molecular flexibility index (Phi) is 6.45. The van der Waals surface area contributed by atoms with E-state index in [1.54, 1.807) is 0 Å². The van der Waals surface area contributed by atoms with Gasteiger partial charge in [0.1, 0.15) is 0 Å². The van der Waals surface area contributed by atoms with Crippen molar-refractivity contribution in [1.29, 1.82) is 0 Å². The van der Waals surface area contributed by atoms with Crippen molar-refractivity contribution in [3.8, 4) is 11.8 Å². The molecule has 0 aliphatic carbocycles. The summed E-state index contributed by atoms with van der Waals surface area (Å²) in [5, 5.41) is 2.64. The minimum atomic E-state index is -0.00167. The zero-order chi connectivity index (χ0) is 8.53. The average molecular weight is 153 g/mol. The van der Waals surface area contributed by atoms with Gasteiger partial charge in [0.05, 0.1) is 0 Å². The van der Waals surface area contributed by atoms with Gasteiger partial charge in [-0.25, -0.2) is 0 Å². The lowest BCUT2D eigenvalue weighted by Gasteiger charge is -1.99. The van der Waals surface area contributed by atoms with Crippen LogP contribution in [-0.2, 0) is 4.79 Å². The number of nitrogens with two attached hydrogens (primary N) is 1. The molecule has 0 unspecified atom stereocenters. The fourth-order valence-corrected chi connectivity index (χ4v) is 0.564. The Morgan fingerprint density at radius 1 is 1.64 bits per heavy atom. The van der Waals surface area contributed by atoms with E-state index in [1.807, 2.05) is 0 Å². The molecule has 1 radical (unpaired) electrons. The summed E-state index contributed by atoms with van der Waals surface area (Å²) in [6.07, 6.45) is 1.00. The highest BCUT2D eigenvalue weighted by atomic mass is 16.1. The van der Waals surface area contributed by atoms with Crippen LogP contribution in [0.5, 0.6) is 0 Å². The monoisotopic (exact) mass is 153 g/mol. The molecule has 0 fully saturated rings. The lowest BCUT2D eigenvalue weighted by molar-refractivity contribution is -0.120. The van der Waals surface area contributed by atoms with E-state index in [2.05, 4.69) is 24.1 Å². The third kappa shape index (κ3) is 6.88. The Hall–Kier alpha value is -1.01. The Bertz CT molecular complexity index is 167. The second-order valence-corrected chi connectivity index (χ2v) is 1.99. The second kappa shape index (κ2) is 7.10. The minimum absolute atomic E-state index is 0.00167. The predicted molar refractivity (Wildman–Crippen MR) is 44.4 cm³/mol. The van der Waals surface area contributed by atoms with E-state index in [9.17, 15) is 4.79 Å². The first-order chi connectivity index (χ1) is 5.31. The molecule has 0 saturated carbocycles. The van der Waals surface area contributed by atoms with Crippen molar-refractivity contribution in [2.45, 2.75) is 12.8 Å². The Morgan fingerprint density at radius 3 is 2.91 bits per heavy atom. The Labute approximate surface area is 67.3 Å². The predicted octanol–water partition coefficient (Wildman–Crippen LogP) is -0.321. The van der Waals surface area contributed by atoms with Gasteiger partial charge in [-0.05, 0) is 0 Å². The van der Waals surface area contributed by atoms with Crippen LogP contribution >= 0.6 is 0 Å². The van der Waals surface area contributed by atoms with Gasteiger partial charge in [0.25, 0.3) is 0 Å². The van der Waals surface area contributed by atoms with E-state index < -0.39 is 0 Å². The first kappa shape index (κ1) is 9.99. The van der Waals surface area contributed by atoms with Gasteiger partial charge in [0, 0.05) is 32.9 Å². The third-order valence-corrected chi connectivity index (χ3v) is 1.07. The van der Waals surface area contributed by atoms with Crippen molar-refractivity contribution < 1.29 is 4.79 Å². The van der Waals surface area contributed by atoms with Crippen molar-refractivity contribution in [2.75, 3.05) is 13.1 Å². The normalized spacial score (nSPS) is 8.18. The quantitative estimate of drug-likeness (QED) is 0.544. The maximum atomic E-state index is 10.8. The van der Waals surface area contributed by atoms with E-state index in [-0.39, 0.29) is 5.91 Å². The molecule has 0 rings (SSSR count). The van der Waals surface area contributed by atoms with Crippen LogP contribution in [0, 0.1) is 18.8 Å². The van der Waals surface area contributed by atoms with Crippen LogP contribution < -0.4 is 11.1 Å². The maximum absolute atomic E-state index is 10.8. The van der Waals surface area contributed by atoms with Crippen LogP contribution in [0.4, 0.5) is 0 Å². The highest BCUT2D eigenvalue weighted by Gasteiger charge is 1.95. The first-order valence-electron chi connectivity index (χ1n) is 3.53. The summed E-state index contributed by atoms with van der Waals surface area (Å²) in [6.45, 7) is 4.35. The third-order valence-electron chi connectivity index (χ3n) is 1.07. The van der Waals surface area contributed by atoms with E-state index in [1.165, 1.54) is 0 Å². The number of carbonyl (C=O) groups is 1. The molecular weight excluding hydrogens is 140 g/mol. The van der Waals surface area contributed by atoms with Crippen LogP contribution in [-0.4, -0.2) is 19.0 Å². The summed E-state index contributed by atoms with van der Waals surface area (Å²) in [4.78, 5) is 10.8. The molecule has 0 bridgehead atoms. The number of hydrogen-bond acceptors (Lipinski definition) is 2. The van der Waals surface area contributed by atoms with E-state index in [0.29, 0.717) is 25.9 Å². The van der Waals surface area contributed by atoms with Crippen LogP contribution in [0.2, 0.25) is 0 Å². The lowest BCUT2D eigenvalue weighted by atomic mass is 10.3. The second-order valence-electron chi connectivity index (χ2n) is 1.99. The number of amides is 1. The number of hydrogen-bond donors (Lipinski definition) is 2. The molecule has 0 aromatic heterocycles. The summed E-state index contributed by atoms with van der Waals surface area (Å²) >= 11 is 0. The van der Waals surface area contributed by atoms with Crippen LogP contribution in [0.3, 0.4) is 0 Å². The highest BCUT2D eigenvalue weighted by Crippen LogP contribution is 1.84. The highest BCUT2D eigenvalue weighted by molar-refractivity contribution is 5.76. The fourth-order valence-electron chi connectivity index (χ4n) is 0.564. The van der Waals surface area contributed by atoms with Gasteiger partial charge in [-0.15, -0.1) is 11.8 Å². The van der Waals surface area contributed by atoms with Crippen molar-refractivity contribution in [1.82, 2.24) is 5.32 Å². The summed E-state index contributed by atoms with van der Waals surface area (Å²) in [6, 6.07) is 0. The molecule has 61 valence electrons. The average Bonchev–Trinajstić information content (AvgIpc) is 2.01. The van der Waals surface area contributed by atoms with Crippen molar-refractivity contribution in [2.24, 2.45) is 5.73 Å². The van der Waals surface area contributed by atoms with Gasteiger partial charge in [-0.3, -0.25) is 4.79 Å². The molecule has 3 heteroatoms. The van der Waals surface area contributed by atoms with E-state index >= 15 is 0 Å². The van der Waals surface area contributed by atoms with Crippen LogP contribution in [0.1, 0.15) is 12.8 Å². The minimum Gasteiger partial charge on any atom is -0.355 e. The number of rotatable bonds is 4. The molecule has 0 aromatic carbocycles. The summed E-state index contributed by atoms with van der Waals surface area (Å²) in [5.74, 6) is 5.18. The molecule has 0 aromatic rings. The Morgan fingerprint density at radius 2 is 2.36 bits per heavy atom. The van der Waals surface area contributed by atoms with Gasteiger partial charge < -0.3 is 11.1 Å². The summed E-state index contributed by atoms with van der Waals surface area (Å²) in [5.41, 5.74) is 5.18. The largest absolute Gasteiger partial charge is 0.355 e. The lowest BCUT2D eigenvalue weighted by Crippen LogP contribution is -2.28. The maximum Gasteiger partial charge on any atom is 0.220 e. The van der Waals surface area contributed by atoms with Gasteiger partial charge in [-0.1, -0.05) is 0 Å². The number of carbonyl (C=O) groups excluding carboxylic acids is 1. The summed E-state index contributed by atoms with van der Waals surface area (Å²) in [7, 11) is 0. The molecule has 11 heavy (non-hydrogen) atoms. The van der Waals surface area contributed by atoms with Gasteiger partial charge in [-0.2, -0.15) is 0 Å². The standard InChI is InChI=1S/C8H13N2O/c1-2-3-4-5-8(11)10-7-6-9/h1,4-7,9H2,(H,10,11). The van der Waals surface area contributed by atoms with Crippen LogP contribution in [0.25, 0.3) is 0 Å². The molecule has 3 nitrogen and oxygen atoms in total. The molecule has 3 N–H and O–H groups in total. The van der Waals surface area contributed by atoms with Gasteiger partial charge in [0.2, 0.25) is 5.91 Å². The molecule has 0 saturated heterocycles. The zero-order valence-electron chi connectivity index (χ0n) is 6.52. The van der Waals surface area contributed by atoms with Gasteiger partial charge >= 0.3 is 0 Å². The fraction of sp³-hybridized carbons (Fsp3) is 0.500. The molecule has 0 aliphatic heterocycles. The molecular formula is C8H13N2O. The number of nitrogens with one attached hydrogen (secondary N) is 1. The van der Waals surface area contributed by atoms with E-state index in [4.69, 9.17) is 5.73 Å². The topological polar surface area (TPSA) is 55.1 Å². The van der Waals surface area contributed by atoms with Crippen molar-refractivity contribution >= 4 is 5.91 Å². The first-order valence-corrected chi connectivity index (χ1v) is 3.53. The Balaban J connectivity index is 3.27. The summed E-state index contributed by atoms with van der Waals surface area (Å²) < 4.78 is 0. The van der Waals surface area contributed by atoms with Gasteiger partial charge in [0.15, 0.2) is 0 Å². The molecule has 0 atom stereocenters. The molecule has 0 aliphatic rings. The zero-order valence-corrected chi connectivity index (χ0v) is 6.52. The molecule has 0 heterocycles. The molecule has 0 spiro atoms. The van der Waals surface area contributed by atoms with E-state index in [0.717, 1.165) is 0 Å². The SMILES string of the molecule is [CH2]C#CCCC(=O)NCCN. The van der Waals surface area contributed by atoms with Crippen LogP contribution in [0.15, 0.2) is 0 Å². The van der Waals surface area contributed by atoms with Crippen molar-refractivity contribution in [3.63, 3.8) is 0 Å².